The minimum Gasteiger partial charge on any atom is -0.493 e. The van der Waals surface area contributed by atoms with E-state index < -0.39 is 5.91 Å². The highest BCUT2D eigenvalue weighted by Gasteiger charge is 2.18. The largest absolute Gasteiger partial charge is 0.493 e. The number of aromatic hydroxyl groups is 1. The van der Waals surface area contributed by atoms with Crippen molar-refractivity contribution in [3.63, 3.8) is 0 Å². The van der Waals surface area contributed by atoms with Crippen molar-refractivity contribution in [2.75, 3.05) is 0 Å². The topological polar surface area (TPSA) is 79.8 Å². The van der Waals surface area contributed by atoms with Gasteiger partial charge >= 0.3 is 0 Å². The minimum atomic E-state index is -0.482. The van der Waals surface area contributed by atoms with Crippen LogP contribution in [0.3, 0.4) is 0 Å². The van der Waals surface area contributed by atoms with Gasteiger partial charge in [0.15, 0.2) is 5.69 Å². The molecule has 2 heterocycles. The lowest BCUT2D eigenvalue weighted by atomic mass is 10.0. The number of benzene rings is 3. The number of hydrogen-bond donors (Lipinski definition) is 1. The van der Waals surface area contributed by atoms with E-state index in [2.05, 4.69) is 17.2 Å². The number of amides is 1. The number of aryl methyl sites for hydroxylation is 2. The molecule has 6 nitrogen and oxygen atoms in total. The molecule has 0 spiro atoms. The fourth-order valence-corrected chi connectivity index (χ4v) is 4.54. The van der Waals surface area contributed by atoms with E-state index in [0.717, 1.165) is 41.3 Å². The second-order valence-corrected chi connectivity index (χ2v) is 8.99. The third kappa shape index (κ3) is 4.50. The van der Waals surface area contributed by atoms with E-state index in [4.69, 9.17) is 4.98 Å². The Morgan fingerprint density at radius 3 is 2.53 bits per heavy atom. The molecule has 0 atom stereocenters. The van der Waals surface area contributed by atoms with E-state index >= 15 is 0 Å². The molecule has 0 radical (unpaired) electrons. The number of fused-ring (bicyclic) bond motifs is 2. The number of nitrogens with zero attached hydrogens (tertiary/aromatic N) is 4. The van der Waals surface area contributed by atoms with Gasteiger partial charge in [-0.2, -0.15) is 0 Å². The van der Waals surface area contributed by atoms with Gasteiger partial charge < -0.3 is 9.67 Å². The maximum atomic E-state index is 13.4. The molecule has 0 aliphatic rings. The molecule has 5 rings (SSSR count). The lowest BCUT2D eigenvalue weighted by Crippen LogP contribution is -1.99. The molecule has 2 aromatic heterocycles. The first-order valence-electron chi connectivity index (χ1n) is 12.3. The minimum absolute atomic E-state index is 0.0350. The molecule has 36 heavy (non-hydrogen) atoms. The second kappa shape index (κ2) is 10.1. The van der Waals surface area contributed by atoms with E-state index in [0.29, 0.717) is 34.4 Å². The van der Waals surface area contributed by atoms with Gasteiger partial charge in [0, 0.05) is 22.9 Å². The van der Waals surface area contributed by atoms with Crippen LogP contribution in [0.5, 0.6) is 5.88 Å². The Morgan fingerprint density at radius 1 is 0.944 bits per heavy atom. The Balaban J connectivity index is 1.57. The fourth-order valence-electron chi connectivity index (χ4n) is 4.54. The van der Waals surface area contributed by atoms with Crippen molar-refractivity contribution >= 4 is 33.4 Å². The van der Waals surface area contributed by atoms with Crippen molar-refractivity contribution in [3.05, 3.63) is 90.0 Å². The summed E-state index contributed by atoms with van der Waals surface area (Å²) < 4.78 is 1.86. The normalized spacial score (nSPS) is 11.6. The average Bonchev–Trinajstić information content (AvgIpc) is 3.16. The summed E-state index contributed by atoms with van der Waals surface area (Å²) in [5, 5.41) is 20.9. The number of aromatic nitrogens is 2. The number of carbonyl (C=O) groups excluding carboxylic acids is 1. The maximum absolute atomic E-state index is 13.4. The highest BCUT2D eigenvalue weighted by molar-refractivity contribution is 6.07. The molecule has 1 N–H and O–H groups in total. The molecule has 0 unspecified atom stereocenters. The Hall–Kier alpha value is -4.32. The van der Waals surface area contributed by atoms with Crippen molar-refractivity contribution in [3.8, 4) is 17.1 Å². The molecule has 0 bridgehead atoms. The number of carbonyl (C=O) groups is 1. The van der Waals surface area contributed by atoms with E-state index in [1.54, 1.807) is 6.07 Å². The van der Waals surface area contributed by atoms with Crippen molar-refractivity contribution in [2.24, 2.45) is 10.2 Å². The summed E-state index contributed by atoms with van der Waals surface area (Å²) in [6.45, 7) is 4.82. The van der Waals surface area contributed by atoms with Crippen LogP contribution in [0.1, 0.15) is 42.1 Å². The zero-order valence-corrected chi connectivity index (χ0v) is 20.5. The van der Waals surface area contributed by atoms with Gasteiger partial charge in [-0.05, 0) is 37.6 Å². The molecule has 180 valence electrons. The molecule has 0 saturated carbocycles. The van der Waals surface area contributed by atoms with E-state index in [1.807, 2.05) is 84.3 Å². The molecular weight excluding hydrogens is 448 g/mol. The van der Waals surface area contributed by atoms with Gasteiger partial charge in [-0.15, -0.1) is 10.2 Å². The summed E-state index contributed by atoms with van der Waals surface area (Å²) in [6.07, 6.45) is 3.10. The van der Waals surface area contributed by atoms with Crippen LogP contribution >= 0.6 is 0 Å². The molecular formula is C30H28N4O2. The summed E-state index contributed by atoms with van der Waals surface area (Å²) in [6, 6.07) is 25.0. The zero-order valence-electron chi connectivity index (χ0n) is 20.5. The number of unbranched alkanes of at least 4 members (excludes halogenated alkanes) is 2. The van der Waals surface area contributed by atoms with E-state index in [-0.39, 0.29) is 5.88 Å². The van der Waals surface area contributed by atoms with E-state index in [1.165, 1.54) is 0 Å². The predicted molar refractivity (Wildman–Crippen MR) is 144 cm³/mol. The second-order valence-electron chi connectivity index (χ2n) is 8.99. The predicted octanol–water partition coefficient (Wildman–Crippen LogP) is 7.98. The molecule has 0 fully saturated rings. The molecule has 1 amide bonds. The average molecular weight is 477 g/mol. The van der Waals surface area contributed by atoms with Crippen LogP contribution in [0.4, 0.5) is 5.69 Å². The van der Waals surface area contributed by atoms with Crippen LogP contribution in [-0.4, -0.2) is 20.6 Å². The van der Waals surface area contributed by atoms with E-state index in [9.17, 15) is 9.90 Å². The van der Waals surface area contributed by atoms with Gasteiger partial charge in [0.1, 0.15) is 0 Å². The van der Waals surface area contributed by atoms with Crippen LogP contribution in [-0.2, 0) is 6.54 Å². The standard InChI is InChI=1S/C30H28N4O2/c1-3-4-10-17-34-27-16-15-20(2)18-24(27)28(30(34)36)32-33-29(35)23-19-26(21-11-6-5-7-12-21)31-25-14-9-8-13-22(23)25/h5-9,11-16,18-19,36H,3-4,10,17H2,1-2H3. The number of pyridine rings is 1. The Kier molecular flexibility index (Phi) is 6.58. The lowest BCUT2D eigenvalue weighted by molar-refractivity contribution is 0.0996. The zero-order chi connectivity index (χ0) is 25.1. The van der Waals surface area contributed by atoms with Crippen molar-refractivity contribution in [1.82, 2.24) is 9.55 Å². The smallest absolute Gasteiger partial charge is 0.296 e. The fraction of sp³-hybridized carbons (Fsp3) is 0.200. The van der Waals surface area contributed by atoms with Crippen molar-refractivity contribution < 1.29 is 9.90 Å². The van der Waals surface area contributed by atoms with Gasteiger partial charge in [0.05, 0.1) is 22.3 Å². The quantitative estimate of drug-likeness (QED) is 0.191. The number of rotatable bonds is 7. The third-order valence-electron chi connectivity index (χ3n) is 6.41. The Bertz CT molecular complexity index is 1590. The van der Waals surface area contributed by atoms with Gasteiger partial charge in [-0.1, -0.05) is 79.9 Å². The summed E-state index contributed by atoms with van der Waals surface area (Å²) in [5.74, 6) is -0.447. The van der Waals surface area contributed by atoms with Crippen LogP contribution in [0.25, 0.3) is 33.1 Å². The first-order chi connectivity index (χ1) is 17.6. The number of azo groups is 1. The first kappa shape index (κ1) is 23.4. The van der Waals surface area contributed by atoms with Gasteiger partial charge in [-0.25, -0.2) is 4.98 Å². The molecule has 6 heteroatoms. The highest BCUT2D eigenvalue weighted by Crippen LogP contribution is 2.40. The number of hydrogen-bond acceptors (Lipinski definition) is 4. The molecule has 0 saturated heterocycles. The highest BCUT2D eigenvalue weighted by atomic mass is 16.3. The summed E-state index contributed by atoms with van der Waals surface area (Å²) in [4.78, 5) is 18.1. The SMILES string of the molecule is CCCCCn1c(O)c(N=NC(=O)c2cc(-c3ccccc3)nc3ccccc23)c2cc(C)ccc21. The summed E-state index contributed by atoms with van der Waals surface area (Å²) in [7, 11) is 0. The summed E-state index contributed by atoms with van der Waals surface area (Å²) in [5.41, 5.74) is 4.99. The Morgan fingerprint density at radius 2 is 1.72 bits per heavy atom. The van der Waals surface area contributed by atoms with Crippen LogP contribution in [0, 0.1) is 6.92 Å². The molecule has 0 aliphatic heterocycles. The molecule has 5 aromatic rings. The van der Waals surface area contributed by atoms with Gasteiger partial charge in [0.25, 0.3) is 5.91 Å². The van der Waals surface area contributed by atoms with Crippen LogP contribution in [0.2, 0.25) is 0 Å². The van der Waals surface area contributed by atoms with Gasteiger partial charge in [0.2, 0.25) is 5.88 Å². The van der Waals surface area contributed by atoms with Crippen molar-refractivity contribution in [2.45, 2.75) is 39.7 Å². The molecule has 0 aliphatic carbocycles. The summed E-state index contributed by atoms with van der Waals surface area (Å²) >= 11 is 0. The lowest BCUT2D eigenvalue weighted by Gasteiger charge is -2.07. The Labute approximate surface area is 210 Å². The molecule has 3 aromatic carbocycles. The number of para-hydroxylation sites is 1. The third-order valence-corrected chi connectivity index (χ3v) is 6.41. The van der Waals surface area contributed by atoms with Crippen LogP contribution < -0.4 is 0 Å². The van der Waals surface area contributed by atoms with Crippen molar-refractivity contribution in [1.29, 1.82) is 0 Å². The van der Waals surface area contributed by atoms with Crippen LogP contribution in [0.15, 0.2) is 89.1 Å². The monoisotopic (exact) mass is 476 g/mol. The van der Waals surface area contributed by atoms with Gasteiger partial charge in [-0.3, -0.25) is 4.79 Å². The first-order valence-corrected chi connectivity index (χ1v) is 12.3. The maximum Gasteiger partial charge on any atom is 0.296 e.